The highest BCUT2D eigenvalue weighted by molar-refractivity contribution is 7.82. The molecule has 0 unspecified atom stereocenters. The van der Waals surface area contributed by atoms with E-state index in [0.29, 0.717) is 31.3 Å². The Morgan fingerprint density at radius 2 is 1.40 bits per heavy atom. The van der Waals surface area contributed by atoms with Gasteiger partial charge in [0.25, 0.3) is 5.91 Å². The van der Waals surface area contributed by atoms with Crippen molar-refractivity contribution >= 4 is 34.5 Å². The van der Waals surface area contributed by atoms with E-state index in [-0.39, 0.29) is 5.91 Å². The summed E-state index contributed by atoms with van der Waals surface area (Å²) in [5.41, 5.74) is 4.23. The molecule has 128 valence electrons. The van der Waals surface area contributed by atoms with E-state index in [9.17, 15) is 4.79 Å². The van der Waals surface area contributed by atoms with Crippen molar-refractivity contribution in [3.63, 3.8) is 0 Å². The van der Waals surface area contributed by atoms with Crippen LogP contribution in [0, 0.1) is 0 Å². The fourth-order valence-corrected chi connectivity index (χ4v) is 3.77. The van der Waals surface area contributed by atoms with Crippen LogP contribution in [0.25, 0.3) is 0 Å². The lowest BCUT2D eigenvalue weighted by Gasteiger charge is -2.32. The topological polar surface area (TPSA) is 32.8 Å². The van der Waals surface area contributed by atoms with Crippen molar-refractivity contribution in [3.8, 4) is 0 Å². The minimum Gasteiger partial charge on any atom is -0.378 e. The average molecular weight is 352 g/mol. The van der Waals surface area contributed by atoms with Crippen LogP contribution in [0.5, 0.6) is 0 Å². The third-order valence-electron chi connectivity index (χ3n) is 4.81. The zero-order chi connectivity index (χ0) is 17.2. The lowest BCUT2D eigenvalue weighted by molar-refractivity contribution is -0.112. The first kappa shape index (κ1) is 16.2. The molecule has 2 aromatic carbocycles. The van der Waals surface area contributed by atoms with E-state index in [1.54, 1.807) is 4.90 Å². The lowest BCUT2D eigenvalue weighted by Crippen LogP contribution is -2.47. The predicted molar refractivity (Wildman–Crippen MR) is 102 cm³/mol. The van der Waals surface area contributed by atoms with Crippen molar-refractivity contribution in [2.45, 2.75) is 12.8 Å². The van der Waals surface area contributed by atoms with Crippen LogP contribution >= 0.6 is 12.2 Å². The van der Waals surface area contributed by atoms with Crippen LogP contribution in [-0.4, -0.2) is 42.1 Å². The van der Waals surface area contributed by atoms with E-state index in [1.165, 1.54) is 11.1 Å². The maximum Gasteiger partial charge on any atom is 0.290 e. The summed E-state index contributed by atoms with van der Waals surface area (Å²) in [6.07, 6.45) is 1.84. The molecule has 5 heteroatoms. The van der Waals surface area contributed by atoms with Crippen LogP contribution in [-0.2, 0) is 22.4 Å². The summed E-state index contributed by atoms with van der Waals surface area (Å²) in [6.45, 7) is 2.56. The van der Waals surface area contributed by atoms with Gasteiger partial charge in [-0.25, -0.2) is 0 Å². The third-order valence-corrected chi connectivity index (χ3v) is 5.25. The number of carbonyl (C=O) groups excluding carboxylic acids is 1. The van der Waals surface area contributed by atoms with Crippen LogP contribution in [0.2, 0.25) is 0 Å². The minimum absolute atomic E-state index is 0.126. The molecule has 0 aliphatic carbocycles. The molecule has 0 saturated carbocycles. The largest absolute Gasteiger partial charge is 0.378 e. The van der Waals surface area contributed by atoms with E-state index >= 15 is 0 Å². The molecule has 1 fully saturated rings. The van der Waals surface area contributed by atoms with Gasteiger partial charge in [0.05, 0.1) is 24.6 Å². The van der Waals surface area contributed by atoms with Gasteiger partial charge in [0.2, 0.25) is 0 Å². The maximum absolute atomic E-state index is 13.4. The molecular weight excluding hydrogens is 332 g/mol. The molecular formula is C20H20N2O2S. The van der Waals surface area contributed by atoms with Crippen molar-refractivity contribution in [2.24, 2.45) is 0 Å². The smallest absolute Gasteiger partial charge is 0.290 e. The zero-order valence-electron chi connectivity index (χ0n) is 14.0. The lowest BCUT2D eigenvalue weighted by atomic mass is 10.0. The first-order valence-electron chi connectivity index (χ1n) is 8.62. The van der Waals surface area contributed by atoms with Gasteiger partial charge in [-0.2, -0.15) is 0 Å². The zero-order valence-corrected chi connectivity index (χ0v) is 14.8. The predicted octanol–water partition coefficient (Wildman–Crippen LogP) is 3.11. The van der Waals surface area contributed by atoms with E-state index in [2.05, 4.69) is 12.1 Å². The second-order valence-corrected chi connectivity index (χ2v) is 6.69. The Hall–Kier alpha value is -2.24. The number of anilines is 2. The number of para-hydroxylation sites is 2. The number of thiocarbonyl (C=S) groups is 1. The quantitative estimate of drug-likeness (QED) is 0.682. The molecule has 4 rings (SSSR count). The summed E-state index contributed by atoms with van der Waals surface area (Å²) in [4.78, 5) is 17.5. The van der Waals surface area contributed by atoms with Crippen molar-refractivity contribution in [1.82, 2.24) is 4.90 Å². The Bertz CT molecular complexity index is 767. The Labute approximate surface area is 153 Å². The Morgan fingerprint density at radius 3 is 1.96 bits per heavy atom. The molecule has 2 aliphatic heterocycles. The summed E-state index contributed by atoms with van der Waals surface area (Å²) in [7, 11) is 0. The molecule has 1 amide bonds. The summed E-state index contributed by atoms with van der Waals surface area (Å²) < 4.78 is 5.38. The van der Waals surface area contributed by atoms with Gasteiger partial charge in [0, 0.05) is 13.1 Å². The average Bonchev–Trinajstić information content (AvgIpc) is 2.84. The number of aryl methyl sites for hydroxylation is 2. The molecule has 2 aromatic rings. The highest BCUT2D eigenvalue weighted by Crippen LogP contribution is 2.36. The van der Waals surface area contributed by atoms with Gasteiger partial charge >= 0.3 is 0 Å². The molecule has 0 bridgehead atoms. The van der Waals surface area contributed by atoms with Gasteiger partial charge in [-0.1, -0.05) is 48.6 Å². The molecule has 0 atom stereocenters. The molecule has 0 N–H and O–H groups in total. The fraction of sp³-hybridized carbons (Fsp3) is 0.300. The number of nitrogens with zero attached hydrogens (tertiary/aromatic N) is 2. The van der Waals surface area contributed by atoms with Crippen molar-refractivity contribution in [3.05, 3.63) is 59.7 Å². The number of carbonyl (C=O) groups is 1. The van der Waals surface area contributed by atoms with Gasteiger partial charge in [0.15, 0.2) is 4.99 Å². The normalized spacial score (nSPS) is 16.6. The van der Waals surface area contributed by atoms with Crippen molar-refractivity contribution < 1.29 is 9.53 Å². The van der Waals surface area contributed by atoms with Gasteiger partial charge < -0.3 is 9.64 Å². The molecule has 0 radical (unpaired) electrons. The monoisotopic (exact) mass is 352 g/mol. The van der Waals surface area contributed by atoms with Gasteiger partial charge in [-0.3, -0.25) is 9.69 Å². The Kier molecular flexibility index (Phi) is 4.51. The minimum atomic E-state index is -0.126. The highest BCUT2D eigenvalue weighted by atomic mass is 32.1. The van der Waals surface area contributed by atoms with Crippen LogP contribution in [0.3, 0.4) is 0 Å². The van der Waals surface area contributed by atoms with E-state index < -0.39 is 0 Å². The van der Waals surface area contributed by atoms with Crippen LogP contribution in [0.1, 0.15) is 11.1 Å². The maximum atomic E-state index is 13.4. The molecule has 1 saturated heterocycles. The summed E-state index contributed by atoms with van der Waals surface area (Å²) in [5.74, 6) is -0.126. The SMILES string of the molecule is O=C(C(=S)N1CCOCC1)N1c2ccccc2CCc2ccccc21. The molecule has 2 aliphatic rings. The molecule has 0 aromatic heterocycles. The number of hydrogen-bond donors (Lipinski definition) is 0. The number of ether oxygens (including phenoxy) is 1. The number of benzene rings is 2. The van der Waals surface area contributed by atoms with Crippen molar-refractivity contribution in [2.75, 3.05) is 31.2 Å². The van der Waals surface area contributed by atoms with Gasteiger partial charge in [0.1, 0.15) is 0 Å². The van der Waals surface area contributed by atoms with Crippen molar-refractivity contribution in [1.29, 1.82) is 0 Å². The second kappa shape index (κ2) is 6.94. The van der Waals surface area contributed by atoms with Crippen LogP contribution in [0.4, 0.5) is 11.4 Å². The Balaban J connectivity index is 1.76. The second-order valence-electron chi connectivity index (χ2n) is 6.30. The van der Waals surface area contributed by atoms with E-state index in [1.807, 2.05) is 41.3 Å². The van der Waals surface area contributed by atoms with Gasteiger partial charge in [-0.05, 0) is 36.1 Å². The summed E-state index contributed by atoms with van der Waals surface area (Å²) >= 11 is 5.56. The number of amides is 1. The standard InChI is InChI=1S/C20H20N2O2S/c23-19(20(25)21-11-13-24-14-12-21)22-17-7-3-1-5-15(17)9-10-16-6-2-4-8-18(16)22/h1-8H,9-14H2. The summed E-state index contributed by atoms with van der Waals surface area (Å²) in [5, 5.41) is 0. The highest BCUT2D eigenvalue weighted by Gasteiger charge is 2.30. The number of fused-ring (bicyclic) bond motifs is 2. The number of rotatable bonds is 0. The van der Waals surface area contributed by atoms with E-state index in [0.717, 1.165) is 24.2 Å². The number of hydrogen-bond acceptors (Lipinski definition) is 3. The molecule has 4 nitrogen and oxygen atoms in total. The first-order valence-corrected chi connectivity index (χ1v) is 9.03. The molecule has 2 heterocycles. The van der Waals surface area contributed by atoms with Gasteiger partial charge in [-0.15, -0.1) is 0 Å². The summed E-state index contributed by atoms with van der Waals surface area (Å²) in [6, 6.07) is 16.2. The first-order chi connectivity index (χ1) is 12.3. The number of morpholine rings is 1. The van der Waals surface area contributed by atoms with Crippen LogP contribution < -0.4 is 4.90 Å². The van der Waals surface area contributed by atoms with Crippen LogP contribution in [0.15, 0.2) is 48.5 Å². The third kappa shape index (κ3) is 3.05. The van der Waals surface area contributed by atoms with E-state index in [4.69, 9.17) is 17.0 Å². The molecule has 25 heavy (non-hydrogen) atoms. The fourth-order valence-electron chi connectivity index (χ4n) is 3.50. The Morgan fingerprint density at radius 1 is 0.880 bits per heavy atom. The molecule has 0 spiro atoms.